The minimum atomic E-state index is 0.275. The highest BCUT2D eigenvalue weighted by Crippen LogP contribution is 2.36. The van der Waals surface area contributed by atoms with Crippen LogP contribution in [0.5, 0.6) is 0 Å². The van der Waals surface area contributed by atoms with Crippen LogP contribution in [0, 0.1) is 0 Å². The molecule has 0 aromatic heterocycles. The molecule has 1 aliphatic rings. The molecular formula is C18H21NO. The summed E-state index contributed by atoms with van der Waals surface area (Å²) in [5, 5.41) is 9.22. The molecule has 2 aromatic rings. The molecule has 1 atom stereocenters. The molecule has 1 heterocycles. The van der Waals surface area contributed by atoms with Crippen LogP contribution in [0.15, 0.2) is 60.7 Å². The van der Waals surface area contributed by atoms with Gasteiger partial charge in [0, 0.05) is 19.2 Å². The molecule has 0 aliphatic carbocycles. The van der Waals surface area contributed by atoms with Crippen LogP contribution in [0.4, 0.5) is 0 Å². The lowest BCUT2D eigenvalue weighted by atomic mass is 9.89. The zero-order valence-corrected chi connectivity index (χ0v) is 11.7. The average Bonchev–Trinajstić information content (AvgIpc) is 2.50. The normalized spacial score (nSPS) is 19.0. The summed E-state index contributed by atoms with van der Waals surface area (Å²) in [6.07, 6.45) is 2.06. The van der Waals surface area contributed by atoms with Gasteiger partial charge in [-0.05, 0) is 24.0 Å². The molecular weight excluding hydrogens is 246 g/mol. The van der Waals surface area contributed by atoms with Crippen LogP contribution < -0.4 is 0 Å². The highest BCUT2D eigenvalue weighted by molar-refractivity contribution is 5.32. The first-order valence-corrected chi connectivity index (χ1v) is 7.36. The van der Waals surface area contributed by atoms with Crippen molar-refractivity contribution in [1.29, 1.82) is 0 Å². The van der Waals surface area contributed by atoms with Crippen LogP contribution in [0.2, 0.25) is 0 Å². The Morgan fingerprint density at radius 2 is 1.50 bits per heavy atom. The summed E-state index contributed by atoms with van der Waals surface area (Å²) in [5.74, 6) is 0. The van der Waals surface area contributed by atoms with E-state index in [0.717, 1.165) is 13.0 Å². The first kappa shape index (κ1) is 13.3. The van der Waals surface area contributed by atoms with Crippen molar-refractivity contribution in [3.05, 3.63) is 71.8 Å². The molecule has 1 unspecified atom stereocenters. The van der Waals surface area contributed by atoms with Crippen LogP contribution in [-0.4, -0.2) is 29.2 Å². The molecule has 0 bridgehead atoms. The van der Waals surface area contributed by atoms with Crippen molar-refractivity contribution in [3.63, 3.8) is 0 Å². The van der Waals surface area contributed by atoms with Crippen LogP contribution in [0.3, 0.4) is 0 Å². The van der Waals surface area contributed by atoms with E-state index in [9.17, 15) is 5.11 Å². The van der Waals surface area contributed by atoms with Crippen LogP contribution >= 0.6 is 0 Å². The Bertz CT molecular complexity index is 486. The summed E-state index contributed by atoms with van der Waals surface area (Å²) in [6, 6.07) is 22.2. The van der Waals surface area contributed by atoms with Crippen molar-refractivity contribution in [1.82, 2.24) is 4.90 Å². The zero-order valence-electron chi connectivity index (χ0n) is 11.7. The average molecular weight is 267 g/mol. The van der Waals surface area contributed by atoms with Crippen molar-refractivity contribution in [2.45, 2.75) is 24.9 Å². The van der Waals surface area contributed by atoms with E-state index in [2.05, 4.69) is 65.6 Å². The van der Waals surface area contributed by atoms with E-state index in [1.807, 2.05) is 0 Å². The fourth-order valence-electron chi connectivity index (χ4n) is 3.11. The van der Waals surface area contributed by atoms with Gasteiger partial charge in [-0.15, -0.1) is 0 Å². The van der Waals surface area contributed by atoms with Gasteiger partial charge in [0.15, 0.2) is 0 Å². The first-order valence-electron chi connectivity index (χ1n) is 7.36. The number of nitrogens with zero attached hydrogens (tertiary/aromatic N) is 1. The molecule has 1 fully saturated rings. The molecule has 0 amide bonds. The fourth-order valence-corrected chi connectivity index (χ4v) is 3.11. The van der Waals surface area contributed by atoms with Gasteiger partial charge < -0.3 is 5.11 Å². The Labute approximate surface area is 120 Å². The molecule has 2 heteroatoms. The number of hydrogen-bond donors (Lipinski definition) is 1. The Morgan fingerprint density at radius 3 is 1.90 bits per heavy atom. The van der Waals surface area contributed by atoms with Gasteiger partial charge in [-0.2, -0.15) is 0 Å². The molecule has 0 radical (unpaired) electrons. The van der Waals surface area contributed by atoms with Crippen molar-refractivity contribution >= 4 is 0 Å². The quantitative estimate of drug-likeness (QED) is 0.899. The number of hydrogen-bond acceptors (Lipinski definition) is 2. The molecule has 0 saturated carbocycles. The zero-order chi connectivity index (χ0) is 13.8. The van der Waals surface area contributed by atoms with Crippen LogP contribution in [0.25, 0.3) is 0 Å². The maximum atomic E-state index is 9.22. The van der Waals surface area contributed by atoms with Gasteiger partial charge in [-0.25, -0.2) is 0 Å². The molecule has 3 rings (SSSR count). The summed E-state index contributed by atoms with van der Waals surface area (Å²) < 4.78 is 0. The van der Waals surface area contributed by atoms with Crippen molar-refractivity contribution in [3.8, 4) is 0 Å². The minimum absolute atomic E-state index is 0.275. The maximum Gasteiger partial charge on any atom is 0.0604 e. The lowest BCUT2D eigenvalue weighted by molar-refractivity contribution is 0.0396. The van der Waals surface area contributed by atoms with Gasteiger partial charge in [0.05, 0.1) is 6.04 Å². The highest BCUT2D eigenvalue weighted by atomic mass is 16.3. The fraction of sp³-hybridized carbons (Fsp3) is 0.333. The number of likely N-dealkylation sites (tertiary alicyclic amines) is 1. The number of benzene rings is 2. The standard InChI is InChI=1S/C18H21NO/c20-14-12-17-11-13-19(17)18(15-7-3-1-4-8-15)16-9-5-2-6-10-16/h1-10,17-18,20H,11-14H2. The van der Waals surface area contributed by atoms with E-state index in [4.69, 9.17) is 0 Å². The van der Waals surface area contributed by atoms with Gasteiger partial charge in [-0.1, -0.05) is 60.7 Å². The van der Waals surface area contributed by atoms with Crippen LogP contribution in [-0.2, 0) is 0 Å². The van der Waals surface area contributed by atoms with Crippen molar-refractivity contribution in [2.75, 3.05) is 13.2 Å². The second-order valence-corrected chi connectivity index (χ2v) is 5.42. The summed E-state index contributed by atoms with van der Waals surface area (Å²) >= 11 is 0. The SMILES string of the molecule is OCCC1CCN1C(c1ccccc1)c1ccccc1. The van der Waals surface area contributed by atoms with Gasteiger partial charge >= 0.3 is 0 Å². The Hall–Kier alpha value is -1.64. The second-order valence-electron chi connectivity index (χ2n) is 5.42. The van der Waals surface area contributed by atoms with Gasteiger partial charge in [0.1, 0.15) is 0 Å². The van der Waals surface area contributed by atoms with Crippen LogP contribution in [0.1, 0.15) is 30.0 Å². The van der Waals surface area contributed by atoms with Gasteiger partial charge in [0.2, 0.25) is 0 Å². The van der Waals surface area contributed by atoms with E-state index < -0.39 is 0 Å². The summed E-state index contributed by atoms with van der Waals surface area (Å²) in [4.78, 5) is 2.51. The predicted octanol–water partition coefficient (Wildman–Crippen LogP) is 3.23. The molecule has 20 heavy (non-hydrogen) atoms. The molecule has 104 valence electrons. The molecule has 1 saturated heterocycles. The highest BCUT2D eigenvalue weighted by Gasteiger charge is 2.34. The minimum Gasteiger partial charge on any atom is -0.396 e. The Balaban J connectivity index is 1.92. The van der Waals surface area contributed by atoms with Gasteiger partial charge in [-0.3, -0.25) is 4.90 Å². The van der Waals surface area contributed by atoms with E-state index >= 15 is 0 Å². The Morgan fingerprint density at radius 1 is 0.950 bits per heavy atom. The summed E-state index contributed by atoms with van der Waals surface area (Å²) in [5.41, 5.74) is 2.67. The third-order valence-corrected chi connectivity index (χ3v) is 4.21. The molecule has 1 N–H and O–H groups in total. The predicted molar refractivity (Wildman–Crippen MR) is 81.5 cm³/mol. The van der Waals surface area contributed by atoms with E-state index in [1.165, 1.54) is 17.5 Å². The lowest BCUT2D eigenvalue weighted by Gasteiger charge is -2.46. The summed E-state index contributed by atoms with van der Waals surface area (Å²) in [6.45, 7) is 1.39. The molecule has 2 aromatic carbocycles. The maximum absolute atomic E-state index is 9.22. The third kappa shape index (κ3) is 2.62. The third-order valence-electron chi connectivity index (χ3n) is 4.21. The smallest absolute Gasteiger partial charge is 0.0604 e. The van der Waals surface area contributed by atoms with E-state index in [0.29, 0.717) is 12.1 Å². The second kappa shape index (κ2) is 6.21. The molecule has 1 aliphatic heterocycles. The summed E-state index contributed by atoms with van der Waals surface area (Å²) in [7, 11) is 0. The largest absolute Gasteiger partial charge is 0.396 e. The molecule has 0 spiro atoms. The monoisotopic (exact) mass is 267 g/mol. The number of aliphatic hydroxyl groups excluding tert-OH is 1. The van der Waals surface area contributed by atoms with Gasteiger partial charge in [0.25, 0.3) is 0 Å². The number of aliphatic hydroxyl groups is 1. The van der Waals surface area contributed by atoms with Crippen molar-refractivity contribution in [2.24, 2.45) is 0 Å². The van der Waals surface area contributed by atoms with Crippen molar-refractivity contribution < 1.29 is 5.11 Å². The first-order chi connectivity index (χ1) is 9.90. The topological polar surface area (TPSA) is 23.5 Å². The van der Waals surface area contributed by atoms with E-state index in [1.54, 1.807) is 0 Å². The lowest BCUT2D eigenvalue weighted by Crippen LogP contribution is -2.50. The Kier molecular flexibility index (Phi) is 4.14. The number of rotatable bonds is 5. The molecule has 2 nitrogen and oxygen atoms in total. The van der Waals surface area contributed by atoms with E-state index in [-0.39, 0.29) is 6.61 Å².